The number of nitrogens with zero attached hydrogens (tertiary/aromatic N) is 3. The zero-order valence-corrected chi connectivity index (χ0v) is 19.0. The van der Waals surface area contributed by atoms with E-state index < -0.39 is 11.6 Å². The molecule has 0 spiro atoms. The van der Waals surface area contributed by atoms with Crippen LogP contribution in [0.25, 0.3) is 17.0 Å². The van der Waals surface area contributed by atoms with Crippen molar-refractivity contribution in [3.8, 4) is 0 Å². The maximum absolute atomic E-state index is 12.4. The Hall–Kier alpha value is -3.09. The molecule has 0 unspecified atom stereocenters. The Morgan fingerprint density at radius 2 is 1.84 bits per heavy atom. The number of benzene rings is 1. The first-order valence-corrected chi connectivity index (χ1v) is 10.6. The van der Waals surface area contributed by atoms with Crippen molar-refractivity contribution >= 4 is 34.7 Å². The fourth-order valence-corrected chi connectivity index (χ4v) is 3.51. The molecular formula is C24H31N3O4. The van der Waals surface area contributed by atoms with Gasteiger partial charge in [-0.1, -0.05) is 13.0 Å². The zero-order chi connectivity index (χ0) is 22.6. The molecule has 1 amide bonds. The molecule has 1 aliphatic rings. The number of rotatable bonds is 4. The number of amides is 1. The van der Waals surface area contributed by atoms with E-state index in [1.54, 1.807) is 11.0 Å². The number of fused-ring (bicyclic) bond motifs is 1. The van der Waals surface area contributed by atoms with Crippen molar-refractivity contribution in [2.24, 2.45) is 0 Å². The number of hydrogen-bond donors (Lipinski definition) is 0. The van der Waals surface area contributed by atoms with Gasteiger partial charge in [0.2, 0.25) is 0 Å². The monoisotopic (exact) mass is 425 g/mol. The van der Waals surface area contributed by atoms with Crippen LogP contribution in [-0.2, 0) is 20.7 Å². The van der Waals surface area contributed by atoms with E-state index in [1.165, 1.54) is 18.7 Å². The lowest BCUT2D eigenvalue weighted by Gasteiger charge is -2.37. The molecule has 2 heterocycles. The molecule has 0 saturated carbocycles. The molecule has 7 heteroatoms. The summed E-state index contributed by atoms with van der Waals surface area (Å²) in [6.45, 7) is 10.3. The smallest absolute Gasteiger partial charge is 0.410 e. The van der Waals surface area contributed by atoms with Crippen LogP contribution in [0.5, 0.6) is 0 Å². The van der Waals surface area contributed by atoms with Crippen molar-refractivity contribution in [2.75, 3.05) is 38.2 Å². The third-order valence-corrected chi connectivity index (χ3v) is 5.13. The fraction of sp³-hybridized carbons (Fsp3) is 0.458. The summed E-state index contributed by atoms with van der Waals surface area (Å²) >= 11 is 0. The van der Waals surface area contributed by atoms with Crippen LogP contribution < -0.4 is 4.90 Å². The second kappa shape index (κ2) is 9.37. The summed E-state index contributed by atoms with van der Waals surface area (Å²) in [5.74, 6) is -0.415. The van der Waals surface area contributed by atoms with E-state index in [0.29, 0.717) is 31.9 Å². The predicted octanol–water partition coefficient (Wildman–Crippen LogP) is 4.04. The van der Waals surface area contributed by atoms with Crippen LogP contribution in [-0.4, -0.2) is 60.8 Å². The summed E-state index contributed by atoms with van der Waals surface area (Å²) in [4.78, 5) is 32.6. The number of hydrogen-bond acceptors (Lipinski definition) is 6. The molecule has 1 aromatic heterocycles. The van der Waals surface area contributed by atoms with E-state index in [-0.39, 0.29) is 6.09 Å². The Kier molecular flexibility index (Phi) is 6.83. The first-order valence-electron chi connectivity index (χ1n) is 10.6. The van der Waals surface area contributed by atoms with E-state index in [1.807, 2.05) is 32.9 Å². The van der Waals surface area contributed by atoms with Crippen LogP contribution in [0, 0.1) is 0 Å². The number of ether oxygens (including phenoxy) is 2. The first kappa shape index (κ1) is 22.6. The van der Waals surface area contributed by atoms with E-state index in [4.69, 9.17) is 9.72 Å². The molecule has 0 atom stereocenters. The van der Waals surface area contributed by atoms with Crippen LogP contribution in [0.1, 0.15) is 39.0 Å². The third-order valence-electron chi connectivity index (χ3n) is 5.13. The summed E-state index contributed by atoms with van der Waals surface area (Å²) in [6, 6.07) is 8.24. The van der Waals surface area contributed by atoms with Gasteiger partial charge < -0.3 is 19.3 Å². The van der Waals surface area contributed by atoms with Crippen LogP contribution in [0.3, 0.4) is 0 Å². The molecule has 0 aliphatic carbocycles. The van der Waals surface area contributed by atoms with Gasteiger partial charge >= 0.3 is 12.1 Å². The van der Waals surface area contributed by atoms with Crippen molar-refractivity contribution in [3.63, 3.8) is 0 Å². The minimum atomic E-state index is -0.502. The maximum Gasteiger partial charge on any atom is 0.410 e. The van der Waals surface area contributed by atoms with Crippen LogP contribution >= 0.6 is 0 Å². The van der Waals surface area contributed by atoms with Gasteiger partial charge in [-0.05, 0) is 57.0 Å². The average Bonchev–Trinajstić information content (AvgIpc) is 2.75. The molecule has 1 saturated heterocycles. The maximum atomic E-state index is 12.4. The predicted molar refractivity (Wildman–Crippen MR) is 122 cm³/mol. The Labute approximate surface area is 183 Å². The molecule has 0 radical (unpaired) electrons. The van der Waals surface area contributed by atoms with Gasteiger partial charge in [-0.15, -0.1) is 0 Å². The minimum Gasteiger partial charge on any atom is -0.466 e. The molecule has 3 rings (SSSR count). The van der Waals surface area contributed by atoms with E-state index >= 15 is 0 Å². The fourth-order valence-electron chi connectivity index (χ4n) is 3.51. The lowest BCUT2D eigenvalue weighted by molar-refractivity contribution is -0.134. The van der Waals surface area contributed by atoms with Gasteiger partial charge in [0.1, 0.15) is 5.60 Å². The van der Waals surface area contributed by atoms with Gasteiger partial charge in [0.15, 0.2) is 0 Å². The Morgan fingerprint density at radius 3 is 2.45 bits per heavy atom. The molecular weight excluding hydrogens is 394 g/mol. The van der Waals surface area contributed by atoms with Crippen LogP contribution in [0.15, 0.2) is 30.3 Å². The lowest BCUT2D eigenvalue weighted by Crippen LogP contribution is -2.50. The molecule has 7 nitrogen and oxygen atoms in total. The molecule has 2 aromatic rings. The highest BCUT2D eigenvalue weighted by atomic mass is 16.6. The van der Waals surface area contributed by atoms with E-state index in [0.717, 1.165) is 23.0 Å². The van der Waals surface area contributed by atoms with E-state index in [9.17, 15) is 9.59 Å². The molecule has 1 aliphatic heterocycles. The highest BCUT2D eigenvalue weighted by Gasteiger charge is 2.26. The first-order chi connectivity index (χ1) is 14.7. The average molecular weight is 426 g/mol. The van der Waals surface area contributed by atoms with Gasteiger partial charge in [0.05, 0.1) is 24.0 Å². The standard InChI is InChI=1S/C24H31N3O4/c1-6-17-15-18-7-8-19(9-10-21(28)30-5)25-22(18)20(16-17)26-11-13-27(14-12-26)23(29)31-24(2,3)4/h7-10,15-16H,6,11-14H2,1-5H3/b10-9+. The summed E-state index contributed by atoms with van der Waals surface area (Å²) < 4.78 is 10.2. The number of aromatic nitrogens is 1. The number of carbonyl (C=O) groups is 2. The summed E-state index contributed by atoms with van der Waals surface area (Å²) in [6.07, 6.45) is 3.68. The highest BCUT2D eigenvalue weighted by Crippen LogP contribution is 2.29. The van der Waals surface area contributed by atoms with Gasteiger partial charge in [0, 0.05) is 37.6 Å². The Bertz CT molecular complexity index is 986. The summed E-state index contributed by atoms with van der Waals surface area (Å²) in [5, 5.41) is 1.05. The Balaban J connectivity index is 1.86. The number of methoxy groups -OCH3 is 1. The topological polar surface area (TPSA) is 72.0 Å². The molecule has 31 heavy (non-hydrogen) atoms. The summed E-state index contributed by atoms with van der Waals surface area (Å²) in [5.41, 5.74) is 3.35. The molecule has 1 fully saturated rings. The molecule has 0 N–H and O–H groups in total. The minimum absolute atomic E-state index is 0.271. The molecule has 1 aromatic carbocycles. The van der Waals surface area contributed by atoms with Gasteiger partial charge in [-0.3, -0.25) is 0 Å². The normalized spacial score (nSPS) is 14.9. The number of aryl methyl sites for hydroxylation is 1. The number of piperazine rings is 1. The van der Waals surface area contributed by atoms with Crippen molar-refractivity contribution in [3.05, 3.63) is 41.6 Å². The Morgan fingerprint density at radius 1 is 1.13 bits per heavy atom. The second-order valence-corrected chi connectivity index (χ2v) is 8.59. The third kappa shape index (κ3) is 5.75. The van der Waals surface area contributed by atoms with Crippen molar-refractivity contribution in [2.45, 2.75) is 39.7 Å². The zero-order valence-electron chi connectivity index (χ0n) is 19.0. The highest BCUT2D eigenvalue weighted by molar-refractivity contribution is 5.93. The van der Waals surface area contributed by atoms with E-state index in [2.05, 4.69) is 28.7 Å². The van der Waals surface area contributed by atoms with Crippen LogP contribution in [0.2, 0.25) is 0 Å². The van der Waals surface area contributed by atoms with Crippen molar-refractivity contribution < 1.29 is 19.1 Å². The summed E-state index contributed by atoms with van der Waals surface area (Å²) in [7, 11) is 1.35. The van der Waals surface area contributed by atoms with Crippen molar-refractivity contribution in [1.82, 2.24) is 9.88 Å². The second-order valence-electron chi connectivity index (χ2n) is 8.59. The van der Waals surface area contributed by atoms with Crippen LogP contribution in [0.4, 0.5) is 10.5 Å². The SMILES string of the molecule is CCc1cc(N2CCN(C(=O)OC(C)(C)C)CC2)c2nc(/C=C/C(=O)OC)ccc2c1. The van der Waals surface area contributed by atoms with Gasteiger partial charge in [-0.25, -0.2) is 14.6 Å². The largest absolute Gasteiger partial charge is 0.466 e. The number of carbonyl (C=O) groups excluding carboxylic acids is 2. The number of anilines is 1. The van der Waals surface area contributed by atoms with Gasteiger partial charge in [0.25, 0.3) is 0 Å². The molecule has 0 bridgehead atoms. The van der Waals surface area contributed by atoms with Crippen molar-refractivity contribution in [1.29, 1.82) is 0 Å². The van der Waals surface area contributed by atoms with Gasteiger partial charge in [-0.2, -0.15) is 0 Å². The quantitative estimate of drug-likeness (QED) is 0.544. The lowest BCUT2D eigenvalue weighted by atomic mass is 10.0. The number of pyridine rings is 1. The molecule has 166 valence electrons. The number of esters is 1.